The summed E-state index contributed by atoms with van der Waals surface area (Å²) in [4.78, 5) is 11.1. The number of carbonyl (C=O) groups is 1. The summed E-state index contributed by atoms with van der Waals surface area (Å²) in [6, 6.07) is 2.27. The van der Waals surface area contributed by atoms with Crippen molar-refractivity contribution < 1.29 is 19.0 Å². The molecule has 0 aromatic heterocycles. The molecule has 1 spiro atoms. The average Bonchev–Trinajstić information content (AvgIpc) is 2.75. The van der Waals surface area contributed by atoms with Crippen LogP contribution < -0.4 is 0 Å². The van der Waals surface area contributed by atoms with Gasteiger partial charge in [-0.1, -0.05) is 6.08 Å². The van der Waals surface area contributed by atoms with E-state index in [2.05, 4.69) is 6.07 Å². The summed E-state index contributed by atoms with van der Waals surface area (Å²) in [5.74, 6) is -0.289. The number of hydrogen-bond acceptors (Lipinski definition) is 5. The molecule has 21 heavy (non-hydrogen) atoms. The second kappa shape index (κ2) is 5.43. The van der Waals surface area contributed by atoms with Crippen LogP contribution in [0.2, 0.25) is 0 Å². The number of esters is 1. The molecule has 3 rings (SSSR count). The van der Waals surface area contributed by atoms with Gasteiger partial charge in [0.05, 0.1) is 18.3 Å². The fourth-order valence-electron chi connectivity index (χ4n) is 3.67. The van der Waals surface area contributed by atoms with Crippen LogP contribution in [0, 0.1) is 17.2 Å². The zero-order chi connectivity index (χ0) is 15.0. The first kappa shape index (κ1) is 14.6. The van der Waals surface area contributed by atoms with E-state index in [1.54, 1.807) is 0 Å². The third-order valence-electron chi connectivity index (χ3n) is 4.61. The van der Waals surface area contributed by atoms with Crippen LogP contribution in [0.15, 0.2) is 12.2 Å². The van der Waals surface area contributed by atoms with E-state index in [0.29, 0.717) is 0 Å². The number of nitriles is 1. The normalized spacial score (nSPS) is 42.0. The lowest BCUT2D eigenvalue weighted by atomic mass is 9.81. The summed E-state index contributed by atoms with van der Waals surface area (Å²) >= 11 is 0. The standard InChI is InChI=1S/C16H21NO4/c1-10(9-17)7-12-3-4-15-16(21-12)6-5-13(19-11(2)18)14(8-16)20-15/h5-6,10,12-15H,3-4,7-8H2,1-2H3/t10-,12?,13-,14-,15+,16+/m1/s1. The number of ether oxygens (including phenoxy) is 3. The fraction of sp³-hybridized carbons (Fsp3) is 0.750. The largest absolute Gasteiger partial charge is 0.456 e. The van der Waals surface area contributed by atoms with Crippen LogP contribution in [0.1, 0.15) is 39.5 Å². The molecule has 2 saturated heterocycles. The molecule has 0 N–H and O–H groups in total. The Morgan fingerprint density at radius 1 is 1.57 bits per heavy atom. The van der Waals surface area contributed by atoms with Crippen molar-refractivity contribution in [3.8, 4) is 6.07 Å². The van der Waals surface area contributed by atoms with Gasteiger partial charge in [-0.05, 0) is 32.3 Å². The minimum atomic E-state index is -0.389. The van der Waals surface area contributed by atoms with Crippen LogP contribution in [0.5, 0.6) is 0 Å². The lowest BCUT2D eigenvalue weighted by Gasteiger charge is -2.41. The highest BCUT2D eigenvalue weighted by molar-refractivity contribution is 5.66. The minimum Gasteiger partial charge on any atom is -0.456 e. The summed E-state index contributed by atoms with van der Waals surface area (Å²) < 4.78 is 17.6. The predicted octanol–water partition coefficient (Wildman–Crippen LogP) is 2.11. The van der Waals surface area contributed by atoms with Crippen molar-refractivity contribution in [1.29, 1.82) is 5.26 Å². The Balaban J connectivity index is 1.71. The number of fused-ring (bicyclic) bond motifs is 1. The van der Waals surface area contributed by atoms with Crippen LogP contribution in [0.4, 0.5) is 0 Å². The second-order valence-electron chi connectivity index (χ2n) is 6.34. The maximum atomic E-state index is 11.1. The maximum absolute atomic E-state index is 11.1. The fourth-order valence-corrected chi connectivity index (χ4v) is 3.67. The van der Waals surface area contributed by atoms with Crippen molar-refractivity contribution in [1.82, 2.24) is 0 Å². The summed E-state index contributed by atoms with van der Waals surface area (Å²) in [5, 5.41) is 8.95. The first-order valence-corrected chi connectivity index (χ1v) is 7.62. The molecule has 114 valence electrons. The molecule has 2 heterocycles. The predicted molar refractivity (Wildman–Crippen MR) is 74.2 cm³/mol. The molecule has 0 aromatic rings. The highest BCUT2D eigenvalue weighted by atomic mass is 16.6. The zero-order valence-corrected chi connectivity index (χ0v) is 12.5. The van der Waals surface area contributed by atoms with Crippen LogP contribution >= 0.6 is 0 Å². The Morgan fingerprint density at radius 2 is 2.38 bits per heavy atom. The Kier molecular flexibility index (Phi) is 3.76. The molecule has 2 aliphatic heterocycles. The van der Waals surface area contributed by atoms with E-state index in [1.165, 1.54) is 6.92 Å². The Labute approximate surface area is 124 Å². The van der Waals surface area contributed by atoms with Crippen molar-refractivity contribution in [2.75, 3.05) is 0 Å². The Morgan fingerprint density at radius 3 is 3.10 bits per heavy atom. The molecule has 1 aliphatic carbocycles. The molecule has 1 unspecified atom stereocenters. The molecule has 3 aliphatic rings. The van der Waals surface area contributed by atoms with Crippen LogP contribution in [-0.2, 0) is 19.0 Å². The highest BCUT2D eigenvalue weighted by Gasteiger charge is 2.55. The summed E-state index contributed by atoms with van der Waals surface area (Å²) in [5.41, 5.74) is -0.389. The number of rotatable bonds is 3. The van der Waals surface area contributed by atoms with E-state index >= 15 is 0 Å². The highest BCUT2D eigenvalue weighted by Crippen LogP contribution is 2.47. The lowest BCUT2D eigenvalue weighted by Crippen LogP contribution is -2.48. The minimum absolute atomic E-state index is 0.00225. The zero-order valence-electron chi connectivity index (χ0n) is 12.5. The van der Waals surface area contributed by atoms with Gasteiger partial charge >= 0.3 is 5.97 Å². The van der Waals surface area contributed by atoms with E-state index in [9.17, 15) is 4.79 Å². The van der Waals surface area contributed by atoms with Crippen molar-refractivity contribution in [2.24, 2.45) is 5.92 Å². The van der Waals surface area contributed by atoms with Crippen LogP contribution in [-0.4, -0.2) is 36.0 Å². The number of carbonyl (C=O) groups excluding carboxylic acids is 1. The maximum Gasteiger partial charge on any atom is 0.303 e. The molecule has 0 aromatic carbocycles. The van der Waals surface area contributed by atoms with E-state index in [4.69, 9.17) is 19.5 Å². The summed E-state index contributed by atoms with van der Waals surface area (Å²) in [6.07, 6.45) is 6.95. The first-order chi connectivity index (χ1) is 10.0. The molecule has 5 heteroatoms. The topological polar surface area (TPSA) is 68.5 Å². The van der Waals surface area contributed by atoms with Gasteiger partial charge in [-0.3, -0.25) is 4.79 Å². The van der Waals surface area contributed by atoms with Gasteiger partial charge in [-0.25, -0.2) is 0 Å². The quantitative estimate of drug-likeness (QED) is 0.588. The van der Waals surface area contributed by atoms with Gasteiger partial charge in [0.2, 0.25) is 0 Å². The van der Waals surface area contributed by atoms with Gasteiger partial charge in [0.15, 0.2) is 0 Å². The summed E-state index contributed by atoms with van der Waals surface area (Å²) in [6.45, 7) is 3.34. The van der Waals surface area contributed by atoms with Crippen molar-refractivity contribution >= 4 is 5.97 Å². The molecule has 6 atom stereocenters. The smallest absolute Gasteiger partial charge is 0.303 e. The van der Waals surface area contributed by atoms with Gasteiger partial charge in [0.1, 0.15) is 17.8 Å². The Bertz CT molecular complexity index is 497. The van der Waals surface area contributed by atoms with Crippen molar-refractivity contribution in [3.05, 3.63) is 12.2 Å². The third-order valence-corrected chi connectivity index (χ3v) is 4.61. The number of nitrogens with zero attached hydrogens (tertiary/aromatic N) is 1. The summed E-state index contributed by atoms with van der Waals surface area (Å²) in [7, 11) is 0. The molecule has 2 fully saturated rings. The molecular formula is C16H21NO4. The SMILES string of the molecule is CC(=O)O[C@@H]1C=C[C@]23C[C@H]1O[C@H]2CCC(C[C@@H](C)C#N)O3. The van der Waals surface area contributed by atoms with Crippen molar-refractivity contribution in [3.63, 3.8) is 0 Å². The molecule has 0 radical (unpaired) electrons. The van der Waals surface area contributed by atoms with Gasteiger partial charge in [0, 0.05) is 19.3 Å². The molecule has 0 saturated carbocycles. The van der Waals surface area contributed by atoms with E-state index in [-0.39, 0.29) is 41.9 Å². The molecule has 0 amide bonds. The van der Waals surface area contributed by atoms with E-state index in [0.717, 1.165) is 25.7 Å². The van der Waals surface area contributed by atoms with Gasteiger partial charge in [-0.15, -0.1) is 0 Å². The molecular weight excluding hydrogens is 270 g/mol. The van der Waals surface area contributed by atoms with Crippen LogP contribution in [0.3, 0.4) is 0 Å². The third kappa shape index (κ3) is 2.70. The average molecular weight is 291 g/mol. The first-order valence-electron chi connectivity index (χ1n) is 7.62. The number of hydrogen-bond donors (Lipinski definition) is 0. The monoisotopic (exact) mass is 291 g/mol. The van der Waals surface area contributed by atoms with Crippen LogP contribution in [0.25, 0.3) is 0 Å². The Hall–Kier alpha value is -1.38. The van der Waals surface area contributed by atoms with E-state index < -0.39 is 0 Å². The van der Waals surface area contributed by atoms with E-state index in [1.807, 2.05) is 19.1 Å². The van der Waals surface area contributed by atoms with Gasteiger partial charge < -0.3 is 14.2 Å². The molecule has 2 bridgehead atoms. The van der Waals surface area contributed by atoms with Crippen molar-refractivity contribution in [2.45, 2.75) is 69.5 Å². The lowest BCUT2D eigenvalue weighted by molar-refractivity contribution is -0.152. The van der Waals surface area contributed by atoms with Gasteiger partial charge in [0.25, 0.3) is 0 Å². The second-order valence-corrected chi connectivity index (χ2v) is 6.34. The molecule has 5 nitrogen and oxygen atoms in total. The van der Waals surface area contributed by atoms with Gasteiger partial charge in [-0.2, -0.15) is 5.26 Å².